The number of methoxy groups -OCH3 is 1. The Kier molecular flexibility index (Phi) is 5.57. The lowest BCUT2D eigenvalue weighted by atomic mass is 10.3. The first-order chi connectivity index (χ1) is 7.97. The first-order valence-electron chi connectivity index (χ1n) is 4.77. The Balaban J connectivity index is 2.47. The van der Waals surface area contributed by atoms with Crippen LogP contribution in [0.1, 0.15) is 12.8 Å². The van der Waals surface area contributed by atoms with Gasteiger partial charge in [0.1, 0.15) is 4.21 Å². The van der Waals surface area contributed by atoms with Crippen molar-refractivity contribution in [2.75, 3.05) is 13.7 Å². The second-order valence-corrected chi connectivity index (χ2v) is 6.87. The molecule has 0 radical (unpaired) electrons. The number of carbonyl (C=O) groups excluding carboxylic acids is 1. The van der Waals surface area contributed by atoms with E-state index in [0.29, 0.717) is 10.9 Å². The van der Waals surface area contributed by atoms with Gasteiger partial charge in [-0.05, 0) is 33.8 Å². The van der Waals surface area contributed by atoms with Gasteiger partial charge in [-0.25, -0.2) is 13.1 Å². The Labute approximate surface area is 112 Å². The molecule has 1 aromatic heterocycles. The highest BCUT2D eigenvalue weighted by Crippen LogP contribution is 2.27. The van der Waals surface area contributed by atoms with Crippen LogP contribution >= 0.6 is 27.3 Å². The summed E-state index contributed by atoms with van der Waals surface area (Å²) in [4.78, 5) is 10.8. The maximum Gasteiger partial charge on any atom is 0.305 e. The van der Waals surface area contributed by atoms with Crippen LogP contribution in [0.15, 0.2) is 20.1 Å². The summed E-state index contributed by atoms with van der Waals surface area (Å²) in [6.07, 6.45) is 0.611. The summed E-state index contributed by atoms with van der Waals surface area (Å²) >= 11 is 4.30. The van der Waals surface area contributed by atoms with Gasteiger partial charge in [0, 0.05) is 17.4 Å². The van der Waals surface area contributed by atoms with Crippen LogP contribution in [0.2, 0.25) is 0 Å². The second-order valence-electron chi connectivity index (χ2n) is 3.13. The summed E-state index contributed by atoms with van der Waals surface area (Å²) in [5.41, 5.74) is 0. The smallest absolute Gasteiger partial charge is 0.305 e. The van der Waals surface area contributed by atoms with Gasteiger partial charge < -0.3 is 4.74 Å². The first kappa shape index (κ1) is 14.6. The maximum atomic E-state index is 11.8. The minimum atomic E-state index is -3.48. The fourth-order valence-corrected chi connectivity index (χ4v) is 4.53. The highest BCUT2D eigenvalue weighted by molar-refractivity contribution is 9.10. The molecule has 0 aliphatic rings. The van der Waals surface area contributed by atoms with Crippen molar-refractivity contribution in [1.82, 2.24) is 4.72 Å². The number of hydrogen-bond acceptors (Lipinski definition) is 5. The zero-order valence-electron chi connectivity index (χ0n) is 9.10. The Morgan fingerprint density at radius 2 is 2.29 bits per heavy atom. The molecule has 17 heavy (non-hydrogen) atoms. The summed E-state index contributed by atoms with van der Waals surface area (Å²) in [5, 5.41) is 1.69. The van der Waals surface area contributed by atoms with Crippen molar-refractivity contribution in [1.29, 1.82) is 0 Å². The van der Waals surface area contributed by atoms with E-state index < -0.39 is 10.0 Å². The lowest BCUT2D eigenvalue weighted by Crippen LogP contribution is -2.24. The molecule has 0 amide bonds. The van der Waals surface area contributed by atoms with Crippen LogP contribution in [0.4, 0.5) is 0 Å². The minimum Gasteiger partial charge on any atom is -0.469 e. The third-order valence-electron chi connectivity index (χ3n) is 1.91. The standard InChI is InChI=1S/C9H12BrNO4S2/c1-15-8(12)3-2-5-11-17(13,14)9-7(10)4-6-16-9/h4,6,11H,2-3,5H2,1H3. The Hall–Kier alpha value is -0.440. The third-order valence-corrected chi connectivity index (χ3v) is 6.04. The van der Waals surface area contributed by atoms with Crippen LogP contribution in [0.5, 0.6) is 0 Å². The summed E-state index contributed by atoms with van der Waals surface area (Å²) in [5.74, 6) is -0.346. The molecule has 0 saturated carbocycles. The predicted octanol–water partition coefficient (Wildman–Crippen LogP) is 1.74. The van der Waals surface area contributed by atoms with E-state index in [1.807, 2.05) is 0 Å². The van der Waals surface area contributed by atoms with E-state index in [2.05, 4.69) is 25.4 Å². The largest absolute Gasteiger partial charge is 0.469 e. The monoisotopic (exact) mass is 341 g/mol. The summed E-state index contributed by atoms with van der Waals surface area (Å²) in [6.45, 7) is 0.210. The van der Waals surface area contributed by atoms with Crippen LogP contribution in [0.25, 0.3) is 0 Å². The number of esters is 1. The second kappa shape index (κ2) is 6.48. The van der Waals surface area contributed by atoms with Gasteiger partial charge in [0.25, 0.3) is 10.0 Å². The Bertz CT molecular complexity index is 483. The highest BCUT2D eigenvalue weighted by Gasteiger charge is 2.18. The minimum absolute atomic E-state index is 0.199. The summed E-state index contributed by atoms with van der Waals surface area (Å²) < 4.78 is 31.2. The molecule has 96 valence electrons. The number of carbonyl (C=O) groups is 1. The number of thiophene rings is 1. The Morgan fingerprint density at radius 1 is 1.59 bits per heavy atom. The number of nitrogens with one attached hydrogen (secondary N) is 1. The Morgan fingerprint density at radius 3 is 2.82 bits per heavy atom. The van der Waals surface area contributed by atoms with Gasteiger partial charge in [-0.2, -0.15) is 0 Å². The molecule has 0 spiro atoms. The van der Waals surface area contributed by atoms with E-state index in [9.17, 15) is 13.2 Å². The van der Waals surface area contributed by atoms with Crippen molar-refractivity contribution in [2.24, 2.45) is 0 Å². The van der Waals surface area contributed by atoms with Gasteiger partial charge in [-0.15, -0.1) is 11.3 Å². The van der Waals surface area contributed by atoms with E-state index in [0.717, 1.165) is 11.3 Å². The quantitative estimate of drug-likeness (QED) is 0.631. The molecular weight excluding hydrogens is 330 g/mol. The third kappa shape index (κ3) is 4.38. The first-order valence-corrected chi connectivity index (χ1v) is 7.92. The molecule has 0 aliphatic carbocycles. The van der Waals surface area contributed by atoms with Crippen molar-refractivity contribution in [2.45, 2.75) is 17.1 Å². The fourth-order valence-electron chi connectivity index (χ4n) is 1.08. The topological polar surface area (TPSA) is 72.5 Å². The SMILES string of the molecule is COC(=O)CCCNS(=O)(=O)c1sccc1Br. The van der Waals surface area contributed by atoms with E-state index >= 15 is 0 Å². The van der Waals surface area contributed by atoms with Gasteiger partial charge in [-0.3, -0.25) is 4.79 Å². The van der Waals surface area contributed by atoms with E-state index in [-0.39, 0.29) is 23.1 Å². The molecule has 0 atom stereocenters. The van der Waals surface area contributed by atoms with E-state index in [1.165, 1.54) is 7.11 Å². The number of hydrogen-bond donors (Lipinski definition) is 1. The normalized spacial score (nSPS) is 11.4. The fraction of sp³-hybridized carbons (Fsp3) is 0.444. The summed E-state index contributed by atoms with van der Waals surface area (Å²) in [6, 6.07) is 1.67. The molecule has 5 nitrogen and oxygen atoms in total. The average molecular weight is 342 g/mol. The molecule has 0 bridgehead atoms. The van der Waals surface area contributed by atoms with Gasteiger partial charge in [-0.1, -0.05) is 0 Å². The number of ether oxygens (including phenoxy) is 1. The molecule has 1 rings (SSSR count). The van der Waals surface area contributed by atoms with Crippen LogP contribution < -0.4 is 4.72 Å². The van der Waals surface area contributed by atoms with Gasteiger partial charge in [0.2, 0.25) is 0 Å². The van der Waals surface area contributed by atoms with Crippen LogP contribution in [0.3, 0.4) is 0 Å². The average Bonchev–Trinajstić information content (AvgIpc) is 2.71. The number of sulfonamides is 1. The molecular formula is C9H12BrNO4S2. The maximum absolute atomic E-state index is 11.8. The number of rotatable bonds is 6. The molecule has 1 aromatic rings. The van der Waals surface area contributed by atoms with Gasteiger partial charge in [0.05, 0.1) is 7.11 Å². The van der Waals surface area contributed by atoms with Crippen LogP contribution in [0, 0.1) is 0 Å². The zero-order valence-corrected chi connectivity index (χ0v) is 12.3. The van der Waals surface area contributed by atoms with Crippen molar-refractivity contribution in [3.63, 3.8) is 0 Å². The van der Waals surface area contributed by atoms with E-state index in [1.54, 1.807) is 11.4 Å². The molecule has 8 heteroatoms. The lowest BCUT2D eigenvalue weighted by molar-refractivity contribution is -0.140. The lowest BCUT2D eigenvalue weighted by Gasteiger charge is -2.04. The van der Waals surface area contributed by atoms with Crippen LogP contribution in [-0.2, 0) is 19.6 Å². The molecule has 1 heterocycles. The molecule has 0 unspecified atom stereocenters. The highest BCUT2D eigenvalue weighted by atomic mass is 79.9. The van der Waals surface area contributed by atoms with Crippen molar-refractivity contribution in [3.8, 4) is 0 Å². The predicted molar refractivity (Wildman–Crippen MR) is 68.5 cm³/mol. The molecule has 0 saturated heterocycles. The molecule has 0 fully saturated rings. The molecule has 0 aliphatic heterocycles. The van der Waals surface area contributed by atoms with Crippen molar-refractivity contribution >= 4 is 43.3 Å². The van der Waals surface area contributed by atoms with Crippen molar-refractivity contribution in [3.05, 3.63) is 15.9 Å². The molecule has 1 N–H and O–H groups in total. The van der Waals surface area contributed by atoms with Gasteiger partial charge >= 0.3 is 5.97 Å². The van der Waals surface area contributed by atoms with Gasteiger partial charge in [0.15, 0.2) is 0 Å². The van der Waals surface area contributed by atoms with E-state index in [4.69, 9.17) is 0 Å². The number of halogens is 1. The zero-order chi connectivity index (χ0) is 12.9. The van der Waals surface area contributed by atoms with Crippen molar-refractivity contribution < 1.29 is 17.9 Å². The van der Waals surface area contributed by atoms with Crippen LogP contribution in [-0.4, -0.2) is 28.0 Å². The molecule has 0 aromatic carbocycles. The summed E-state index contributed by atoms with van der Waals surface area (Å²) in [7, 11) is -2.18.